The molecule has 37 heavy (non-hydrogen) atoms. The Morgan fingerprint density at radius 3 is 2.43 bits per heavy atom. The highest BCUT2D eigenvalue weighted by atomic mass is 35.5. The molecule has 1 heterocycles. The lowest BCUT2D eigenvalue weighted by atomic mass is 10.0. The lowest BCUT2D eigenvalue weighted by Gasteiger charge is -2.16. The second kappa shape index (κ2) is 10.9. The van der Waals surface area contributed by atoms with E-state index in [1.165, 1.54) is 4.57 Å². The molecule has 0 aliphatic heterocycles. The van der Waals surface area contributed by atoms with Crippen LogP contribution in [-0.2, 0) is 29.0 Å². The SMILES string of the molecule is CCOC(=O)C1(Cn2c(=O)[nH]/c(=N\c3ccc(CC(C)C)c(Cl)c3)n(Cc3ccc(C)cc3)c2=O)CC1. The molecule has 1 aliphatic rings. The number of aryl methyl sites for hydroxylation is 1. The summed E-state index contributed by atoms with van der Waals surface area (Å²) in [7, 11) is 0. The van der Waals surface area contributed by atoms with Gasteiger partial charge in [0.05, 0.1) is 24.3 Å². The average Bonchev–Trinajstić information content (AvgIpc) is 3.63. The van der Waals surface area contributed by atoms with Crippen LogP contribution in [0.4, 0.5) is 5.69 Å². The molecule has 0 radical (unpaired) electrons. The van der Waals surface area contributed by atoms with Crippen LogP contribution in [-0.4, -0.2) is 26.7 Å². The van der Waals surface area contributed by atoms with Crippen LogP contribution >= 0.6 is 11.6 Å². The summed E-state index contributed by atoms with van der Waals surface area (Å²) in [6.07, 6.45) is 1.98. The minimum atomic E-state index is -0.840. The Morgan fingerprint density at radius 1 is 1.14 bits per heavy atom. The molecule has 2 aromatic carbocycles. The fourth-order valence-corrected chi connectivity index (χ4v) is 4.55. The van der Waals surface area contributed by atoms with Crippen LogP contribution in [0.5, 0.6) is 0 Å². The topological polar surface area (TPSA) is 98.4 Å². The van der Waals surface area contributed by atoms with Crippen LogP contribution in [0.2, 0.25) is 5.02 Å². The molecule has 3 aromatic rings. The maximum Gasteiger partial charge on any atom is 0.335 e. The van der Waals surface area contributed by atoms with Gasteiger partial charge in [-0.05, 0) is 62.3 Å². The third-order valence-electron chi connectivity index (χ3n) is 6.57. The van der Waals surface area contributed by atoms with E-state index < -0.39 is 16.8 Å². The van der Waals surface area contributed by atoms with Gasteiger partial charge in [-0.15, -0.1) is 0 Å². The smallest absolute Gasteiger partial charge is 0.335 e. The van der Waals surface area contributed by atoms with E-state index >= 15 is 0 Å². The summed E-state index contributed by atoms with van der Waals surface area (Å²) in [5, 5.41) is 0.584. The van der Waals surface area contributed by atoms with Crippen molar-refractivity contribution >= 4 is 23.3 Å². The van der Waals surface area contributed by atoms with Crippen molar-refractivity contribution in [2.75, 3.05) is 6.61 Å². The highest BCUT2D eigenvalue weighted by Gasteiger charge is 2.52. The first-order valence-corrected chi connectivity index (χ1v) is 13.0. The molecule has 8 nitrogen and oxygen atoms in total. The van der Waals surface area contributed by atoms with Crippen LogP contribution in [0.25, 0.3) is 0 Å². The molecule has 1 fully saturated rings. The Hall–Kier alpha value is -3.39. The van der Waals surface area contributed by atoms with Crippen LogP contribution in [0, 0.1) is 18.3 Å². The van der Waals surface area contributed by atoms with Crippen molar-refractivity contribution in [3.63, 3.8) is 0 Å². The minimum absolute atomic E-state index is 0.0378. The van der Waals surface area contributed by atoms with Gasteiger partial charge in [0.25, 0.3) is 0 Å². The van der Waals surface area contributed by atoms with E-state index in [2.05, 4.69) is 23.8 Å². The van der Waals surface area contributed by atoms with Crippen LogP contribution in [0.1, 0.15) is 50.3 Å². The number of benzene rings is 2. The van der Waals surface area contributed by atoms with E-state index in [9.17, 15) is 14.4 Å². The molecule has 1 saturated carbocycles. The molecule has 196 valence electrons. The number of aromatic nitrogens is 3. The largest absolute Gasteiger partial charge is 0.466 e. The van der Waals surface area contributed by atoms with E-state index in [0.717, 1.165) is 27.7 Å². The van der Waals surface area contributed by atoms with E-state index in [0.29, 0.717) is 29.5 Å². The molecule has 0 bridgehead atoms. The van der Waals surface area contributed by atoms with E-state index in [-0.39, 0.29) is 31.3 Å². The predicted molar refractivity (Wildman–Crippen MR) is 143 cm³/mol. The third-order valence-corrected chi connectivity index (χ3v) is 6.92. The lowest BCUT2D eigenvalue weighted by molar-refractivity contribution is -0.150. The number of hydrogen-bond acceptors (Lipinski definition) is 5. The Balaban J connectivity index is 1.81. The van der Waals surface area contributed by atoms with Gasteiger partial charge in [-0.1, -0.05) is 61.3 Å². The maximum absolute atomic E-state index is 13.7. The van der Waals surface area contributed by atoms with Gasteiger partial charge in [-0.3, -0.25) is 14.3 Å². The van der Waals surface area contributed by atoms with Gasteiger partial charge in [0.15, 0.2) is 0 Å². The Labute approximate surface area is 220 Å². The number of rotatable bonds is 9. The second-order valence-electron chi connectivity index (χ2n) is 10.2. The van der Waals surface area contributed by atoms with E-state index in [1.807, 2.05) is 43.3 Å². The molecular weight excluding hydrogens is 492 g/mol. The normalized spacial score (nSPS) is 14.7. The fraction of sp³-hybridized carbons (Fsp3) is 0.429. The fourth-order valence-electron chi connectivity index (χ4n) is 4.30. The number of carbonyl (C=O) groups excluding carboxylic acids is 1. The monoisotopic (exact) mass is 524 g/mol. The number of nitrogens with zero attached hydrogens (tertiary/aromatic N) is 3. The van der Waals surface area contributed by atoms with Crippen molar-refractivity contribution in [2.45, 2.75) is 60.0 Å². The Morgan fingerprint density at radius 2 is 1.84 bits per heavy atom. The molecule has 0 amide bonds. The average molecular weight is 525 g/mol. The van der Waals surface area contributed by atoms with Gasteiger partial charge in [-0.25, -0.2) is 19.1 Å². The lowest BCUT2D eigenvalue weighted by Crippen LogP contribution is -2.51. The highest BCUT2D eigenvalue weighted by molar-refractivity contribution is 6.31. The summed E-state index contributed by atoms with van der Waals surface area (Å²) >= 11 is 6.50. The molecule has 1 N–H and O–H groups in total. The number of halogens is 1. The van der Waals surface area contributed by atoms with Crippen LogP contribution in [0.3, 0.4) is 0 Å². The molecule has 0 saturated heterocycles. The van der Waals surface area contributed by atoms with E-state index in [4.69, 9.17) is 16.3 Å². The molecule has 4 rings (SSSR count). The number of nitrogens with one attached hydrogen (secondary N) is 1. The van der Waals surface area contributed by atoms with Crippen molar-refractivity contribution < 1.29 is 9.53 Å². The van der Waals surface area contributed by atoms with Crippen LogP contribution < -0.4 is 17.0 Å². The molecule has 0 atom stereocenters. The second-order valence-corrected chi connectivity index (χ2v) is 10.6. The van der Waals surface area contributed by atoms with Gasteiger partial charge in [-0.2, -0.15) is 0 Å². The van der Waals surface area contributed by atoms with E-state index in [1.54, 1.807) is 13.0 Å². The van der Waals surface area contributed by atoms with Crippen molar-refractivity contribution in [3.8, 4) is 0 Å². The van der Waals surface area contributed by atoms with Gasteiger partial charge in [0, 0.05) is 11.6 Å². The summed E-state index contributed by atoms with van der Waals surface area (Å²) in [6, 6.07) is 13.3. The Kier molecular flexibility index (Phi) is 7.87. The van der Waals surface area contributed by atoms with Crippen molar-refractivity contribution in [1.29, 1.82) is 0 Å². The molecule has 0 spiro atoms. The number of ether oxygens (including phenoxy) is 1. The predicted octanol–water partition coefficient (Wildman–Crippen LogP) is 4.12. The zero-order valence-electron chi connectivity index (χ0n) is 21.7. The quantitative estimate of drug-likeness (QED) is 0.426. The zero-order valence-corrected chi connectivity index (χ0v) is 22.5. The van der Waals surface area contributed by atoms with Gasteiger partial charge < -0.3 is 4.74 Å². The summed E-state index contributed by atoms with van der Waals surface area (Å²) in [5.41, 5.74) is 1.61. The minimum Gasteiger partial charge on any atom is -0.466 e. The molecular formula is C28H33ClN4O4. The molecule has 1 aromatic heterocycles. The first-order chi connectivity index (χ1) is 17.6. The standard InChI is InChI=1S/C28H33ClN4O4/c1-5-37-24(34)28(12-13-28)17-33-26(35)31-25(30-22-11-10-21(14-18(2)3)23(29)15-22)32(27(33)36)16-20-8-6-19(4)7-9-20/h6-11,15,18H,5,12-14,16-17H2,1-4H3,(H,30,31,35). The number of esters is 1. The van der Waals surface area contributed by atoms with Crippen LogP contribution in [0.15, 0.2) is 57.0 Å². The number of hydrogen-bond donors (Lipinski definition) is 1. The first kappa shape index (κ1) is 26.7. The first-order valence-electron chi connectivity index (χ1n) is 12.6. The summed E-state index contributed by atoms with van der Waals surface area (Å²) < 4.78 is 7.70. The summed E-state index contributed by atoms with van der Waals surface area (Å²) in [4.78, 5) is 46.6. The number of carbonyl (C=O) groups is 1. The maximum atomic E-state index is 13.7. The van der Waals surface area contributed by atoms with Gasteiger partial charge in [0.2, 0.25) is 5.62 Å². The Bertz CT molecular complexity index is 1480. The summed E-state index contributed by atoms with van der Waals surface area (Å²) in [6.45, 7) is 8.37. The molecule has 9 heteroatoms. The molecule has 1 aliphatic carbocycles. The highest BCUT2D eigenvalue weighted by Crippen LogP contribution is 2.47. The number of aromatic amines is 1. The zero-order chi connectivity index (χ0) is 26.7. The van der Waals surface area contributed by atoms with Gasteiger partial charge >= 0.3 is 17.3 Å². The van der Waals surface area contributed by atoms with Crippen molar-refractivity contribution in [3.05, 3.63) is 90.8 Å². The summed E-state index contributed by atoms with van der Waals surface area (Å²) in [5.74, 6) is 0.0709. The van der Waals surface area contributed by atoms with Crippen molar-refractivity contribution in [1.82, 2.24) is 14.1 Å². The van der Waals surface area contributed by atoms with Crippen molar-refractivity contribution in [2.24, 2.45) is 16.3 Å². The van der Waals surface area contributed by atoms with Gasteiger partial charge in [0.1, 0.15) is 0 Å². The third kappa shape index (κ3) is 6.13. The number of H-pyrrole nitrogens is 1. The molecule has 0 unspecified atom stereocenters.